The second kappa shape index (κ2) is 5.06. The number of piperazine rings is 1. The highest BCUT2D eigenvalue weighted by atomic mass is 16.5. The molecule has 0 radical (unpaired) electrons. The van der Waals surface area contributed by atoms with E-state index in [4.69, 9.17) is 10.5 Å². The first-order chi connectivity index (χ1) is 8.51. The SMILES string of the molecule is COc1cc(N)cc(N2CC(C)N(C)C(C)C2)c1. The highest BCUT2D eigenvalue weighted by Gasteiger charge is 2.26. The lowest BCUT2D eigenvalue weighted by atomic mass is 10.1. The van der Waals surface area contributed by atoms with Crippen molar-refractivity contribution >= 4 is 11.4 Å². The molecule has 1 fully saturated rings. The number of anilines is 2. The van der Waals surface area contributed by atoms with Gasteiger partial charge in [0.1, 0.15) is 5.75 Å². The molecule has 4 nitrogen and oxygen atoms in total. The van der Waals surface area contributed by atoms with Gasteiger partial charge in [0, 0.05) is 48.7 Å². The van der Waals surface area contributed by atoms with Gasteiger partial charge in [-0.25, -0.2) is 0 Å². The Bertz CT molecular complexity index is 410. The normalized spacial score (nSPS) is 25.2. The van der Waals surface area contributed by atoms with Crippen LogP contribution in [0.15, 0.2) is 18.2 Å². The number of benzene rings is 1. The van der Waals surface area contributed by atoms with Crippen LogP contribution in [0.4, 0.5) is 11.4 Å². The van der Waals surface area contributed by atoms with Gasteiger partial charge in [0.05, 0.1) is 7.11 Å². The Morgan fingerprint density at radius 2 is 1.78 bits per heavy atom. The number of nitrogen functional groups attached to an aromatic ring is 1. The summed E-state index contributed by atoms with van der Waals surface area (Å²) in [6, 6.07) is 7.02. The smallest absolute Gasteiger partial charge is 0.122 e. The van der Waals surface area contributed by atoms with Gasteiger partial charge in [-0.3, -0.25) is 4.90 Å². The molecule has 0 saturated carbocycles. The van der Waals surface area contributed by atoms with Crippen LogP contribution in [0.5, 0.6) is 5.75 Å². The first kappa shape index (κ1) is 13.0. The molecule has 2 N–H and O–H groups in total. The third-order valence-corrected chi connectivity index (χ3v) is 3.87. The van der Waals surface area contributed by atoms with Crippen LogP contribution in [-0.2, 0) is 0 Å². The molecule has 1 saturated heterocycles. The van der Waals surface area contributed by atoms with E-state index in [2.05, 4.69) is 36.8 Å². The maximum atomic E-state index is 5.92. The van der Waals surface area contributed by atoms with Gasteiger partial charge < -0.3 is 15.4 Å². The molecular weight excluding hydrogens is 226 g/mol. The summed E-state index contributed by atoms with van der Waals surface area (Å²) in [4.78, 5) is 4.80. The zero-order valence-corrected chi connectivity index (χ0v) is 11.7. The molecule has 0 aromatic heterocycles. The lowest BCUT2D eigenvalue weighted by Crippen LogP contribution is -2.55. The van der Waals surface area contributed by atoms with E-state index < -0.39 is 0 Å². The first-order valence-electron chi connectivity index (χ1n) is 6.42. The summed E-state index contributed by atoms with van der Waals surface area (Å²) in [5.41, 5.74) is 7.83. The maximum absolute atomic E-state index is 5.92. The number of rotatable bonds is 2. The van der Waals surface area contributed by atoms with Crippen molar-refractivity contribution in [2.45, 2.75) is 25.9 Å². The molecule has 1 heterocycles. The third kappa shape index (κ3) is 2.53. The fourth-order valence-electron chi connectivity index (χ4n) is 2.52. The zero-order chi connectivity index (χ0) is 13.3. The van der Waals surface area contributed by atoms with Crippen molar-refractivity contribution in [1.82, 2.24) is 4.90 Å². The van der Waals surface area contributed by atoms with Crippen molar-refractivity contribution in [3.63, 3.8) is 0 Å². The highest BCUT2D eigenvalue weighted by molar-refractivity contribution is 5.61. The van der Waals surface area contributed by atoms with E-state index in [0.717, 1.165) is 30.2 Å². The Morgan fingerprint density at radius 1 is 1.17 bits per heavy atom. The van der Waals surface area contributed by atoms with Gasteiger partial charge in [0.15, 0.2) is 0 Å². The topological polar surface area (TPSA) is 41.7 Å². The number of methoxy groups -OCH3 is 1. The molecule has 0 spiro atoms. The third-order valence-electron chi connectivity index (χ3n) is 3.87. The molecule has 1 aromatic carbocycles. The number of hydrogen-bond acceptors (Lipinski definition) is 4. The van der Waals surface area contributed by atoms with Crippen molar-refractivity contribution in [3.05, 3.63) is 18.2 Å². The summed E-state index contributed by atoms with van der Waals surface area (Å²) in [6.45, 7) is 6.55. The number of nitrogens with zero attached hydrogens (tertiary/aromatic N) is 2. The molecule has 100 valence electrons. The number of ether oxygens (including phenoxy) is 1. The molecule has 1 aliphatic heterocycles. The van der Waals surface area contributed by atoms with Crippen LogP contribution in [-0.4, -0.2) is 44.2 Å². The van der Waals surface area contributed by atoms with E-state index >= 15 is 0 Å². The fraction of sp³-hybridized carbons (Fsp3) is 0.571. The van der Waals surface area contributed by atoms with Crippen molar-refractivity contribution in [1.29, 1.82) is 0 Å². The molecule has 0 amide bonds. The molecule has 0 aliphatic carbocycles. The number of nitrogens with two attached hydrogens (primary N) is 1. The van der Waals surface area contributed by atoms with Gasteiger partial charge in [-0.1, -0.05) is 0 Å². The molecule has 2 unspecified atom stereocenters. The molecule has 0 bridgehead atoms. The molecule has 1 aliphatic rings. The Hall–Kier alpha value is -1.42. The zero-order valence-electron chi connectivity index (χ0n) is 11.7. The van der Waals surface area contributed by atoms with Crippen molar-refractivity contribution in [3.8, 4) is 5.75 Å². The van der Waals surface area contributed by atoms with Crippen LogP contribution < -0.4 is 15.4 Å². The molecule has 18 heavy (non-hydrogen) atoms. The van der Waals surface area contributed by atoms with Gasteiger partial charge >= 0.3 is 0 Å². The standard InChI is InChI=1S/C14H23N3O/c1-10-8-17(9-11(2)16(10)3)13-5-12(15)6-14(7-13)18-4/h5-7,10-11H,8-9,15H2,1-4H3. The second-order valence-corrected chi connectivity index (χ2v) is 5.23. The Kier molecular flexibility index (Phi) is 3.66. The Morgan fingerprint density at radius 3 is 2.33 bits per heavy atom. The number of likely N-dealkylation sites (N-methyl/N-ethyl adjacent to an activating group) is 1. The van der Waals surface area contributed by atoms with Crippen LogP contribution in [0.2, 0.25) is 0 Å². The molecule has 2 atom stereocenters. The van der Waals surface area contributed by atoms with E-state index in [9.17, 15) is 0 Å². The number of hydrogen-bond donors (Lipinski definition) is 1. The van der Waals surface area contributed by atoms with E-state index in [1.165, 1.54) is 0 Å². The lowest BCUT2D eigenvalue weighted by Gasteiger charge is -2.43. The first-order valence-corrected chi connectivity index (χ1v) is 6.42. The predicted octanol–water partition coefficient (Wildman–Crippen LogP) is 1.81. The average molecular weight is 249 g/mol. The monoisotopic (exact) mass is 249 g/mol. The van der Waals surface area contributed by atoms with Crippen LogP contribution in [0.1, 0.15) is 13.8 Å². The minimum atomic E-state index is 0.543. The molecule has 2 rings (SSSR count). The minimum Gasteiger partial charge on any atom is -0.497 e. The predicted molar refractivity (Wildman–Crippen MR) is 76.3 cm³/mol. The quantitative estimate of drug-likeness (QED) is 0.812. The second-order valence-electron chi connectivity index (χ2n) is 5.23. The molecular formula is C14H23N3O. The minimum absolute atomic E-state index is 0.543. The van der Waals surface area contributed by atoms with Gasteiger partial charge in [0.2, 0.25) is 0 Å². The summed E-state index contributed by atoms with van der Waals surface area (Å²) in [7, 11) is 3.86. The Labute approximate surface area is 109 Å². The van der Waals surface area contributed by atoms with E-state index in [0.29, 0.717) is 12.1 Å². The summed E-state index contributed by atoms with van der Waals surface area (Å²) in [5.74, 6) is 0.823. The largest absolute Gasteiger partial charge is 0.497 e. The highest BCUT2D eigenvalue weighted by Crippen LogP contribution is 2.28. The van der Waals surface area contributed by atoms with E-state index in [1.54, 1.807) is 7.11 Å². The van der Waals surface area contributed by atoms with Gasteiger partial charge in [-0.05, 0) is 27.0 Å². The average Bonchev–Trinajstić information content (AvgIpc) is 2.34. The van der Waals surface area contributed by atoms with Crippen LogP contribution in [0, 0.1) is 0 Å². The van der Waals surface area contributed by atoms with Crippen LogP contribution in [0.3, 0.4) is 0 Å². The maximum Gasteiger partial charge on any atom is 0.122 e. The van der Waals surface area contributed by atoms with Crippen LogP contribution >= 0.6 is 0 Å². The van der Waals surface area contributed by atoms with Gasteiger partial charge in [0.25, 0.3) is 0 Å². The van der Waals surface area contributed by atoms with E-state index in [-0.39, 0.29) is 0 Å². The van der Waals surface area contributed by atoms with Gasteiger partial charge in [-0.15, -0.1) is 0 Å². The molecule has 4 heteroatoms. The van der Waals surface area contributed by atoms with Crippen molar-refractivity contribution < 1.29 is 4.74 Å². The van der Waals surface area contributed by atoms with Crippen molar-refractivity contribution in [2.24, 2.45) is 0 Å². The fourth-order valence-corrected chi connectivity index (χ4v) is 2.52. The summed E-state index contributed by atoms with van der Waals surface area (Å²) < 4.78 is 5.28. The Balaban J connectivity index is 2.23. The van der Waals surface area contributed by atoms with Gasteiger partial charge in [-0.2, -0.15) is 0 Å². The van der Waals surface area contributed by atoms with Crippen LogP contribution in [0.25, 0.3) is 0 Å². The lowest BCUT2D eigenvalue weighted by molar-refractivity contribution is 0.170. The van der Waals surface area contributed by atoms with Crippen molar-refractivity contribution in [2.75, 3.05) is 37.9 Å². The van der Waals surface area contributed by atoms with E-state index in [1.807, 2.05) is 12.1 Å². The molecule has 1 aromatic rings. The summed E-state index contributed by atoms with van der Waals surface area (Å²) in [5, 5.41) is 0. The summed E-state index contributed by atoms with van der Waals surface area (Å²) >= 11 is 0. The summed E-state index contributed by atoms with van der Waals surface area (Å²) in [6.07, 6.45) is 0.